The van der Waals surface area contributed by atoms with Crippen molar-refractivity contribution in [3.63, 3.8) is 0 Å². The van der Waals surface area contributed by atoms with E-state index in [1.807, 2.05) is 13.8 Å². The molecular formula is C21H27ClN4O5S. The monoisotopic (exact) mass is 482 g/mol. The Hall–Kier alpha value is -2.40. The second-order valence-corrected chi connectivity index (χ2v) is 9.91. The summed E-state index contributed by atoms with van der Waals surface area (Å²) in [5, 5.41) is 14.9. The van der Waals surface area contributed by atoms with Gasteiger partial charge in [-0.15, -0.1) is 0 Å². The van der Waals surface area contributed by atoms with E-state index >= 15 is 0 Å². The molecule has 174 valence electrons. The molecule has 3 rings (SSSR count). The number of nitrogens with zero attached hydrogens (tertiary/aromatic N) is 2. The number of nitro benzene ring substituents is 1. The normalized spacial score (nSPS) is 19.5. The number of hydrogen-bond donors (Lipinski definition) is 2. The molecule has 2 aromatic rings. The van der Waals surface area contributed by atoms with Crippen molar-refractivity contribution < 1.29 is 18.1 Å². The van der Waals surface area contributed by atoms with Gasteiger partial charge in [0.2, 0.25) is 0 Å². The number of halogens is 1. The molecule has 1 aliphatic heterocycles. The summed E-state index contributed by atoms with van der Waals surface area (Å²) < 4.78 is 33.5. The number of nitrogens with one attached hydrogen (secondary N) is 2. The van der Waals surface area contributed by atoms with E-state index in [4.69, 9.17) is 16.3 Å². The molecule has 11 heteroatoms. The third-order valence-electron chi connectivity index (χ3n) is 5.06. The SMILES string of the molecule is CC1CN(CCCNc2ccc(S(=O)(=O)Nc3ccccc3Cl)cc2[N+](=O)[O-])CC(C)O1. The van der Waals surface area contributed by atoms with Crippen molar-refractivity contribution in [1.29, 1.82) is 0 Å². The predicted molar refractivity (Wildman–Crippen MR) is 125 cm³/mol. The Kier molecular flexibility index (Phi) is 7.94. The van der Waals surface area contributed by atoms with Crippen LogP contribution in [0.5, 0.6) is 0 Å². The molecule has 1 heterocycles. The fourth-order valence-electron chi connectivity index (χ4n) is 3.72. The van der Waals surface area contributed by atoms with Gasteiger partial charge in [0.1, 0.15) is 5.69 Å². The average Bonchev–Trinajstić information content (AvgIpc) is 2.72. The molecule has 9 nitrogen and oxygen atoms in total. The number of hydrogen-bond acceptors (Lipinski definition) is 7. The van der Waals surface area contributed by atoms with Gasteiger partial charge in [0.05, 0.1) is 32.7 Å². The van der Waals surface area contributed by atoms with Gasteiger partial charge in [-0.1, -0.05) is 23.7 Å². The van der Waals surface area contributed by atoms with Crippen LogP contribution in [0, 0.1) is 10.1 Å². The number of para-hydroxylation sites is 1. The first-order valence-corrected chi connectivity index (χ1v) is 12.2. The van der Waals surface area contributed by atoms with Crippen molar-refractivity contribution in [2.24, 2.45) is 0 Å². The largest absolute Gasteiger partial charge is 0.379 e. The van der Waals surface area contributed by atoms with Crippen molar-refractivity contribution in [2.75, 3.05) is 36.2 Å². The van der Waals surface area contributed by atoms with Gasteiger partial charge in [-0.05, 0) is 44.5 Å². The van der Waals surface area contributed by atoms with Crippen LogP contribution in [0.1, 0.15) is 20.3 Å². The molecule has 1 saturated heterocycles. The van der Waals surface area contributed by atoms with Gasteiger partial charge in [0.25, 0.3) is 15.7 Å². The third kappa shape index (κ3) is 6.32. The molecule has 2 unspecified atom stereocenters. The maximum Gasteiger partial charge on any atom is 0.293 e. The molecule has 0 radical (unpaired) electrons. The van der Waals surface area contributed by atoms with Crippen LogP contribution >= 0.6 is 11.6 Å². The molecule has 0 spiro atoms. The van der Waals surface area contributed by atoms with Crippen LogP contribution in [0.3, 0.4) is 0 Å². The molecule has 1 aliphatic rings. The number of nitro groups is 1. The Bertz CT molecular complexity index is 1060. The van der Waals surface area contributed by atoms with Gasteiger partial charge in [-0.2, -0.15) is 0 Å². The minimum atomic E-state index is -4.04. The summed E-state index contributed by atoms with van der Waals surface area (Å²) in [4.78, 5) is 13.1. The molecule has 0 aliphatic carbocycles. The number of anilines is 2. The smallest absolute Gasteiger partial charge is 0.293 e. The lowest BCUT2D eigenvalue weighted by Gasteiger charge is -2.35. The van der Waals surface area contributed by atoms with Crippen LogP contribution < -0.4 is 10.0 Å². The summed E-state index contributed by atoms with van der Waals surface area (Å²) in [6.45, 7) is 7.16. The van der Waals surface area contributed by atoms with Crippen LogP contribution in [0.2, 0.25) is 5.02 Å². The second-order valence-electron chi connectivity index (χ2n) is 7.82. The lowest BCUT2D eigenvalue weighted by Crippen LogP contribution is -2.45. The Morgan fingerprint density at radius 1 is 1.16 bits per heavy atom. The number of ether oxygens (including phenoxy) is 1. The average molecular weight is 483 g/mol. The molecule has 32 heavy (non-hydrogen) atoms. The Morgan fingerprint density at radius 2 is 1.84 bits per heavy atom. The highest BCUT2D eigenvalue weighted by Gasteiger charge is 2.23. The lowest BCUT2D eigenvalue weighted by atomic mass is 10.2. The van der Waals surface area contributed by atoms with E-state index in [1.165, 1.54) is 18.2 Å². The highest BCUT2D eigenvalue weighted by molar-refractivity contribution is 7.92. The standard InChI is InChI=1S/C21H27ClN4O5S/c1-15-13-25(14-16(2)31-15)11-5-10-23-20-9-8-17(12-21(20)26(27)28)32(29,30)24-19-7-4-3-6-18(19)22/h3-4,6-9,12,15-16,23-24H,5,10-11,13-14H2,1-2H3. The van der Waals surface area contributed by atoms with E-state index in [2.05, 4.69) is 14.9 Å². The van der Waals surface area contributed by atoms with Crippen molar-refractivity contribution in [1.82, 2.24) is 4.90 Å². The molecule has 0 amide bonds. The van der Waals surface area contributed by atoms with Crippen molar-refractivity contribution in [2.45, 2.75) is 37.4 Å². The van der Waals surface area contributed by atoms with Crippen LogP contribution in [-0.2, 0) is 14.8 Å². The van der Waals surface area contributed by atoms with Gasteiger partial charge in [0.15, 0.2) is 0 Å². The van der Waals surface area contributed by atoms with Crippen molar-refractivity contribution >= 4 is 38.7 Å². The molecule has 0 aromatic heterocycles. The maximum absolute atomic E-state index is 12.7. The molecule has 2 atom stereocenters. The van der Waals surface area contributed by atoms with Crippen LogP contribution in [-0.4, -0.2) is 56.6 Å². The predicted octanol–water partition coefficient (Wildman–Crippen LogP) is 3.96. The minimum Gasteiger partial charge on any atom is -0.379 e. The summed E-state index contributed by atoms with van der Waals surface area (Å²) in [6.07, 6.45) is 1.15. The summed E-state index contributed by atoms with van der Waals surface area (Å²) in [6, 6.07) is 10.2. The minimum absolute atomic E-state index is 0.182. The second kappa shape index (κ2) is 10.5. The highest BCUT2D eigenvalue weighted by Crippen LogP contribution is 2.30. The fourth-order valence-corrected chi connectivity index (χ4v) is 5.06. The summed E-state index contributed by atoms with van der Waals surface area (Å²) in [5.41, 5.74) is 0.168. The zero-order valence-electron chi connectivity index (χ0n) is 18.0. The molecule has 0 saturated carbocycles. The van der Waals surface area contributed by atoms with E-state index in [1.54, 1.807) is 18.2 Å². The molecular weight excluding hydrogens is 456 g/mol. The zero-order chi connectivity index (χ0) is 23.3. The zero-order valence-corrected chi connectivity index (χ0v) is 19.5. The Labute approximate surface area is 192 Å². The number of rotatable bonds is 9. The topological polar surface area (TPSA) is 114 Å². The van der Waals surface area contributed by atoms with Gasteiger partial charge in [-0.3, -0.25) is 19.7 Å². The van der Waals surface area contributed by atoms with E-state index in [0.717, 1.165) is 32.1 Å². The van der Waals surface area contributed by atoms with E-state index in [-0.39, 0.29) is 39.2 Å². The molecule has 0 bridgehead atoms. The Morgan fingerprint density at radius 3 is 2.50 bits per heavy atom. The molecule has 2 N–H and O–H groups in total. The summed E-state index contributed by atoms with van der Waals surface area (Å²) in [7, 11) is -4.04. The fraction of sp³-hybridized carbons (Fsp3) is 0.429. The third-order valence-corrected chi connectivity index (χ3v) is 6.75. The Balaban J connectivity index is 1.65. The molecule has 2 aromatic carbocycles. The highest BCUT2D eigenvalue weighted by atomic mass is 35.5. The first kappa shape index (κ1) is 24.2. The first-order valence-electron chi connectivity index (χ1n) is 10.3. The van der Waals surface area contributed by atoms with Gasteiger partial charge in [-0.25, -0.2) is 8.42 Å². The van der Waals surface area contributed by atoms with Crippen LogP contribution in [0.4, 0.5) is 17.1 Å². The first-order chi connectivity index (χ1) is 15.2. The lowest BCUT2D eigenvalue weighted by molar-refractivity contribution is -0.384. The number of sulfonamides is 1. The van der Waals surface area contributed by atoms with Crippen LogP contribution in [0.15, 0.2) is 47.4 Å². The van der Waals surface area contributed by atoms with E-state index in [9.17, 15) is 18.5 Å². The number of benzene rings is 2. The van der Waals surface area contributed by atoms with Crippen molar-refractivity contribution in [3.05, 3.63) is 57.6 Å². The quantitative estimate of drug-likeness (QED) is 0.316. The van der Waals surface area contributed by atoms with Gasteiger partial charge < -0.3 is 10.1 Å². The van der Waals surface area contributed by atoms with E-state index < -0.39 is 14.9 Å². The summed E-state index contributed by atoms with van der Waals surface area (Å²) in [5.74, 6) is 0. The van der Waals surface area contributed by atoms with Gasteiger partial charge in [0, 0.05) is 32.2 Å². The van der Waals surface area contributed by atoms with Gasteiger partial charge >= 0.3 is 0 Å². The maximum atomic E-state index is 12.7. The molecule has 1 fully saturated rings. The van der Waals surface area contributed by atoms with E-state index in [0.29, 0.717) is 6.54 Å². The number of morpholine rings is 1. The summed E-state index contributed by atoms with van der Waals surface area (Å²) >= 11 is 6.01. The van der Waals surface area contributed by atoms with Crippen molar-refractivity contribution in [3.8, 4) is 0 Å². The van der Waals surface area contributed by atoms with Crippen LogP contribution in [0.25, 0.3) is 0 Å².